The molecule has 0 spiro atoms. The first-order chi connectivity index (χ1) is 11.7. The zero-order chi connectivity index (χ0) is 16.8. The van der Waals surface area contributed by atoms with Crippen molar-refractivity contribution < 1.29 is 4.79 Å². The van der Waals surface area contributed by atoms with E-state index in [1.165, 1.54) is 25.9 Å². The number of pyridine rings is 1. The van der Waals surface area contributed by atoms with Crippen molar-refractivity contribution in [1.82, 2.24) is 15.2 Å². The van der Waals surface area contributed by atoms with Crippen LogP contribution in [-0.2, 0) is 4.79 Å². The molecule has 3 rings (SSSR count). The topological polar surface area (TPSA) is 48.5 Å². The number of carbonyl (C=O) groups excluding carboxylic acids is 1. The third-order valence-electron chi connectivity index (χ3n) is 5.46. The number of hydrogen-bond acceptors (Lipinski definition) is 4. The third-order valence-corrected chi connectivity index (χ3v) is 5.46. The molecular formula is C19H30N4O. The molecule has 2 saturated heterocycles. The standard InChI is InChI=1S/C19H30N4O/c1-22-13-8-16(9-14-22)7-11-21-19(24)17-5-4-12-23(15-17)18-6-2-3-10-20-18/h2-3,6,10,16-17H,4-5,7-9,11-15H2,1H3,(H,21,24)/t17-/m0/s1. The van der Waals surface area contributed by atoms with Gasteiger partial charge in [0.15, 0.2) is 0 Å². The van der Waals surface area contributed by atoms with Crippen LogP contribution in [0, 0.1) is 11.8 Å². The maximum absolute atomic E-state index is 12.5. The molecule has 2 fully saturated rings. The van der Waals surface area contributed by atoms with Gasteiger partial charge in [-0.1, -0.05) is 6.07 Å². The number of amides is 1. The molecule has 0 unspecified atom stereocenters. The van der Waals surface area contributed by atoms with Crippen molar-refractivity contribution in [3.05, 3.63) is 24.4 Å². The lowest BCUT2D eigenvalue weighted by molar-refractivity contribution is -0.125. The molecule has 24 heavy (non-hydrogen) atoms. The molecule has 1 aromatic heterocycles. The number of aromatic nitrogens is 1. The zero-order valence-electron chi connectivity index (χ0n) is 14.8. The van der Waals surface area contributed by atoms with Crippen LogP contribution in [0.5, 0.6) is 0 Å². The monoisotopic (exact) mass is 330 g/mol. The summed E-state index contributed by atoms with van der Waals surface area (Å²) in [5.41, 5.74) is 0. The molecule has 3 heterocycles. The first-order valence-electron chi connectivity index (χ1n) is 9.34. The largest absolute Gasteiger partial charge is 0.356 e. The molecule has 5 nitrogen and oxygen atoms in total. The second-order valence-electron chi connectivity index (χ2n) is 7.30. The molecule has 0 aromatic carbocycles. The number of piperidine rings is 2. The van der Waals surface area contributed by atoms with E-state index in [0.29, 0.717) is 0 Å². The highest BCUT2D eigenvalue weighted by atomic mass is 16.1. The van der Waals surface area contributed by atoms with E-state index in [1.807, 2.05) is 24.4 Å². The molecule has 1 atom stereocenters. The van der Waals surface area contributed by atoms with Crippen LogP contribution in [0.1, 0.15) is 32.1 Å². The van der Waals surface area contributed by atoms with Crippen LogP contribution in [0.25, 0.3) is 0 Å². The van der Waals surface area contributed by atoms with Gasteiger partial charge in [0.25, 0.3) is 0 Å². The summed E-state index contributed by atoms with van der Waals surface area (Å²) >= 11 is 0. The Kier molecular flexibility index (Phi) is 6.07. The van der Waals surface area contributed by atoms with Crippen molar-refractivity contribution in [2.45, 2.75) is 32.1 Å². The molecule has 1 amide bonds. The number of nitrogens with one attached hydrogen (secondary N) is 1. The highest BCUT2D eigenvalue weighted by Gasteiger charge is 2.26. The molecule has 0 radical (unpaired) electrons. The van der Waals surface area contributed by atoms with Gasteiger partial charge in [-0.05, 0) is 70.3 Å². The van der Waals surface area contributed by atoms with Gasteiger partial charge in [-0.15, -0.1) is 0 Å². The van der Waals surface area contributed by atoms with Gasteiger partial charge in [-0.25, -0.2) is 4.98 Å². The van der Waals surface area contributed by atoms with Crippen LogP contribution >= 0.6 is 0 Å². The third kappa shape index (κ3) is 4.69. The van der Waals surface area contributed by atoms with Crippen molar-refractivity contribution in [3.8, 4) is 0 Å². The number of hydrogen-bond donors (Lipinski definition) is 1. The first-order valence-corrected chi connectivity index (χ1v) is 9.34. The molecule has 132 valence electrons. The smallest absolute Gasteiger partial charge is 0.224 e. The van der Waals surface area contributed by atoms with Gasteiger partial charge < -0.3 is 15.1 Å². The van der Waals surface area contributed by atoms with Crippen LogP contribution in [0.15, 0.2) is 24.4 Å². The Labute approximate surface area is 145 Å². The van der Waals surface area contributed by atoms with Gasteiger partial charge in [0.2, 0.25) is 5.91 Å². The fraction of sp³-hybridized carbons (Fsp3) is 0.684. The van der Waals surface area contributed by atoms with Crippen molar-refractivity contribution in [3.63, 3.8) is 0 Å². The second-order valence-corrected chi connectivity index (χ2v) is 7.30. The minimum absolute atomic E-state index is 0.0956. The van der Waals surface area contributed by atoms with E-state index < -0.39 is 0 Å². The number of likely N-dealkylation sites (tertiary alicyclic amines) is 1. The Balaban J connectivity index is 1.41. The van der Waals surface area contributed by atoms with E-state index >= 15 is 0 Å². The summed E-state index contributed by atoms with van der Waals surface area (Å²) in [6, 6.07) is 5.97. The first kappa shape index (κ1) is 17.2. The Morgan fingerprint density at radius 1 is 1.25 bits per heavy atom. The lowest BCUT2D eigenvalue weighted by Gasteiger charge is -2.33. The van der Waals surface area contributed by atoms with E-state index in [2.05, 4.69) is 27.1 Å². The van der Waals surface area contributed by atoms with Crippen molar-refractivity contribution in [1.29, 1.82) is 0 Å². The highest BCUT2D eigenvalue weighted by Crippen LogP contribution is 2.22. The fourth-order valence-corrected chi connectivity index (χ4v) is 3.83. The molecule has 2 aliphatic heterocycles. The van der Waals surface area contributed by atoms with Crippen molar-refractivity contribution in [2.24, 2.45) is 11.8 Å². The Morgan fingerprint density at radius 2 is 2.08 bits per heavy atom. The molecule has 0 aliphatic carbocycles. The SMILES string of the molecule is CN1CCC(CCNC(=O)[C@H]2CCCN(c3ccccn3)C2)CC1. The van der Waals surface area contributed by atoms with Crippen LogP contribution in [0.2, 0.25) is 0 Å². The van der Waals surface area contributed by atoms with E-state index in [0.717, 1.165) is 50.6 Å². The van der Waals surface area contributed by atoms with E-state index in [1.54, 1.807) is 0 Å². The molecular weight excluding hydrogens is 300 g/mol. The van der Waals surface area contributed by atoms with Crippen molar-refractivity contribution in [2.75, 3.05) is 44.7 Å². The average molecular weight is 330 g/mol. The molecule has 1 aromatic rings. The maximum Gasteiger partial charge on any atom is 0.224 e. The molecule has 0 bridgehead atoms. The van der Waals surface area contributed by atoms with Gasteiger partial charge in [-0.3, -0.25) is 4.79 Å². The summed E-state index contributed by atoms with van der Waals surface area (Å²) in [4.78, 5) is 21.6. The second kappa shape index (κ2) is 8.47. The Bertz CT molecular complexity index is 513. The zero-order valence-corrected chi connectivity index (χ0v) is 14.8. The minimum Gasteiger partial charge on any atom is -0.356 e. The van der Waals surface area contributed by atoms with Gasteiger partial charge in [-0.2, -0.15) is 0 Å². The molecule has 1 N–H and O–H groups in total. The van der Waals surface area contributed by atoms with Crippen molar-refractivity contribution >= 4 is 11.7 Å². The predicted octanol–water partition coefficient (Wildman–Crippen LogP) is 2.15. The molecule has 0 saturated carbocycles. The highest BCUT2D eigenvalue weighted by molar-refractivity contribution is 5.79. The summed E-state index contributed by atoms with van der Waals surface area (Å²) in [5, 5.41) is 3.18. The van der Waals surface area contributed by atoms with Crippen LogP contribution in [0.4, 0.5) is 5.82 Å². The van der Waals surface area contributed by atoms with Crippen LogP contribution < -0.4 is 10.2 Å². The molecule has 5 heteroatoms. The normalized spacial score (nSPS) is 23.2. The predicted molar refractivity (Wildman–Crippen MR) is 97.0 cm³/mol. The summed E-state index contributed by atoms with van der Waals surface area (Å²) in [6.07, 6.45) is 7.52. The van der Waals surface area contributed by atoms with E-state index in [-0.39, 0.29) is 11.8 Å². The summed E-state index contributed by atoms with van der Waals surface area (Å²) < 4.78 is 0. The lowest BCUT2D eigenvalue weighted by Crippen LogP contribution is -2.44. The fourth-order valence-electron chi connectivity index (χ4n) is 3.83. The average Bonchev–Trinajstić information content (AvgIpc) is 2.64. The minimum atomic E-state index is 0.0956. The lowest BCUT2D eigenvalue weighted by atomic mass is 9.93. The number of rotatable bonds is 5. The Morgan fingerprint density at radius 3 is 2.83 bits per heavy atom. The number of anilines is 1. The molecule has 2 aliphatic rings. The van der Waals surface area contributed by atoms with Crippen LogP contribution in [0.3, 0.4) is 0 Å². The van der Waals surface area contributed by atoms with E-state index in [9.17, 15) is 4.79 Å². The van der Waals surface area contributed by atoms with Gasteiger partial charge in [0.05, 0.1) is 5.92 Å². The Hall–Kier alpha value is -1.62. The van der Waals surface area contributed by atoms with Gasteiger partial charge in [0, 0.05) is 25.8 Å². The number of carbonyl (C=O) groups is 1. The summed E-state index contributed by atoms with van der Waals surface area (Å²) in [6.45, 7) is 5.00. The van der Waals surface area contributed by atoms with E-state index in [4.69, 9.17) is 0 Å². The quantitative estimate of drug-likeness (QED) is 0.899. The number of nitrogens with zero attached hydrogens (tertiary/aromatic N) is 3. The summed E-state index contributed by atoms with van der Waals surface area (Å²) in [5.74, 6) is 2.08. The van der Waals surface area contributed by atoms with Gasteiger partial charge in [0.1, 0.15) is 5.82 Å². The summed E-state index contributed by atoms with van der Waals surface area (Å²) in [7, 11) is 2.19. The van der Waals surface area contributed by atoms with Crippen LogP contribution in [-0.4, -0.2) is 55.6 Å². The van der Waals surface area contributed by atoms with Gasteiger partial charge >= 0.3 is 0 Å². The maximum atomic E-state index is 12.5.